The Balaban J connectivity index is 1.67. The molecular weight excluding hydrogens is 469 g/mol. The van der Waals surface area contributed by atoms with Gasteiger partial charge in [-0.05, 0) is 56.0 Å². The first kappa shape index (κ1) is 21.0. The van der Waals surface area contributed by atoms with E-state index in [1.807, 2.05) is 47.3 Å². The van der Waals surface area contributed by atoms with E-state index < -0.39 is 0 Å². The van der Waals surface area contributed by atoms with Crippen molar-refractivity contribution in [2.75, 3.05) is 0 Å². The number of benzene rings is 2. The topological polar surface area (TPSA) is 30.7 Å². The van der Waals surface area contributed by atoms with Crippen LogP contribution in [0.15, 0.2) is 48.7 Å². The summed E-state index contributed by atoms with van der Waals surface area (Å²) in [6.07, 6.45) is 7.16. The number of thiazole rings is 1. The summed E-state index contributed by atoms with van der Waals surface area (Å²) in [6, 6.07) is 13.2. The molecule has 1 aliphatic carbocycles. The van der Waals surface area contributed by atoms with Crippen LogP contribution in [-0.2, 0) is 0 Å². The van der Waals surface area contributed by atoms with Gasteiger partial charge in [-0.1, -0.05) is 59.8 Å². The molecule has 1 fully saturated rings. The molecule has 0 atom stereocenters. The fourth-order valence-electron chi connectivity index (χ4n) is 4.27. The molecule has 2 aromatic carbocycles. The average Bonchev–Trinajstić information content (AvgIpc) is 3.48. The monoisotopic (exact) mass is 487 g/mol. The molecular formula is C24H20Cl3N3S. The number of hydrogen-bond acceptors (Lipinski definition) is 3. The highest BCUT2D eigenvalue weighted by molar-refractivity contribution is 7.15. The molecule has 0 spiro atoms. The largest absolute Gasteiger partial charge is 0.242 e. The normalized spacial score (nSPS) is 14.5. The minimum absolute atomic E-state index is 0.544. The molecule has 0 N–H and O–H groups in total. The van der Waals surface area contributed by atoms with Crippen LogP contribution in [0.3, 0.4) is 0 Å². The second-order valence-electron chi connectivity index (χ2n) is 7.89. The summed E-state index contributed by atoms with van der Waals surface area (Å²) in [7, 11) is 0. The zero-order valence-electron chi connectivity index (χ0n) is 16.9. The SMILES string of the molecule is Cc1c(-c2ncc(C3CCCC3)s2)nn(-c2ccc(Cl)cc2Cl)c1-c1ccc(Cl)cc1. The van der Waals surface area contributed by atoms with Gasteiger partial charge in [-0.15, -0.1) is 11.3 Å². The highest BCUT2D eigenvalue weighted by Gasteiger charge is 2.24. The van der Waals surface area contributed by atoms with E-state index in [-0.39, 0.29) is 0 Å². The predicted octanol–water partition coefficient (Wildman–Crippen LogP) is 8.59. The van der Waals surface area contributed by atoms with Crippen molar-refractivity contribution in [3.8, 4) is 27.6 Å². The smallest absolute Gasteiger partial charge is 0.144 e. The Hall–Kier alpha value is -1.85. The summed E-state index contributed by atoms with van der Waals surface area (Å²) in [4.78, 5) is 6.11. The molecule has 0 aliphatic heterocycles. The summed E-state index contributed by atoms with van der Waals surface area (Å²) >= 11 is 20.6. The molecule has 1 aliphatic rings. The first-order valence-electron chi connectivity index (χ1n) is 10.3. The van der Waals surface area contributed by atoms with Crippen molar-refractivity contribution in [2.24, 2.45) is 0 Å². The van der Waals surface area contributed by atoms with Gasteiger partial charge in [-0.2, -0.15) is 5.10 Å². The maximum atomic E-state index is 6.57. The van der Waals surface area contributed by atoms with Gasteiger partial charge >= 0.3 is 0 Å². The van der Waals surface area contributed by atoms with Gasteiger partial charge in [0.1, 0.15) is 10.7 Å². The van der Waals surface area contributed by atoms with Crippen molar-refractivity contribution in [3.05, 3.63) is 74.2 Å². The van der Waals surface area contributed by atoms with Gasteiger partial charge < -0.3 is 0 Å². The third-order valence-corrected chi connectivity index (χ3v) is 7.82. The van der Waals surface area contributed by atoms with Crippen LogP contribution in [0.4, 0.5) is 0 Å². The number of aromatic nitrogens is 3. The van der Waals surface area contributed by atoms with Crippen LogP contribution in [-0.4, -0.2) is 14.8 Å². The van der Waals surface area contributed by atoms with Crippen LogP contribution < -0.4 is 0 Å². The van der Waals surface area contributed by atoms with E-state index in [0.717, 1.165) is 33.2 Å². The Labute approximate surface area is 200 Å². The van der Waals surface area contributed by atoms with Gasteiger partial charge in [0.15, 0.2) is 0 Å². The Morgan fingerprint density at radius 3 is 2.39 bits per heavy atom. The van der Waals surface area contributed by atoms with Gasteiger partial charge in [0, 0.05) is 32.2 Å². The third-order valence-electron chi connectivity index (χ3n) is 5.86. The van der Waals surface area contributed by atoms with Crippen molar-refractivity contribution >= 4 is 46.1 Å². The summed E-state index contributed by atoms with van der Waals surface area (Å²) in [5.41, 5.74) is 4.69. The predicted molar refractivity (Wildman–Crippen MR) is 131 cm³/mol. The van der Waals surface area contributed by atoms with Crippen LogP contribution in [0.5, 0.6) is 0 Å². The van der Waals surface area contributed by atoms with Gasteiger partial charge in [0.25, 0.3) is 0 Å². The molecule has 31 heavy (non-hydrogen) atoms. The Kier molecular flexibility index (Phi) is 5.82. The minimum Gasteiger partial charge on any atom is -0.242 e. The first-order chi connectivity index (χ1) is 15.0. The summed E-state index contributed by atoms with van der Waals surface area (Å²) in [5, 5.41) is 7.75. The zero-order valence-corrected chi connectivity index (χ0v) is 20.0. The second-order valence-corrected chi connectivity index (χ2v) is 10.2. The van der Waals surface area contributed by atoms with Crippen LogP contribution in [0.25, 0.3) is 27.6 Å². The van der Waals surface area contributed by atoms with E-state index in [1.165, 1.54) is 30.6 Å². The number of rotatable bonds is 4. The molecule has 0 amide bonds. The molecule has 2 aromatic heterocycles. The van der Waals surface area contributed by atoms with E-state index >= 15 is 0 Å². The van der Waals surface area contributed by atoms with Crippen LogP contribution in [0, 0.1) is 6.92 Å². The molecule has 0 saturated heterocycles. The third kappa shape index (κ3) is 4.03. The fourth-order valence-corrected chi connectivity index (χ4v) is 6.01. The van der Waals surface area contributed by atoms with E-state index in [9.17, 15) is 0 Å². The quantitative estimate of drug-likeness (QED) is 0.288. The van der Waals surface area contributed by atoms with Gasteiger partial charge in [-0.25, -0.2) is 9.67 Å². The highest BCUT2D eigenvalue weighted by Crippen LogP contribution is 2.41. The minimum atomic E-state index is 0.544. The summed E-state index contributed by atoms with van der Waals surface area (Å²) in [5.74, 6) is 0.634. The molecule has 1 saturated carbocycles. The molecule has 5 rings (SSSR count). The molecule has 3 nitrogen and oxygen atoms in total. The first-order valence-corrected chi connectivity index (χ1v) is 12.2. The summed E-state index contributed by atoms with van der Waals surface area (Å²) in [6.45, 7) is 2.09. The van der Waals surface area contributed by atoms with E-state index in [1.54, 1.807) is 17.4 Å². The lowest BCUT2D eigenvalue weighted by Crippen LogP contribution is -2.00. The number of halogens is 3. The Morgan fingerprint density at radius 2 is 1.68 bits per heavy atom. The summed E-state index contributed by atoms with van der Waals surface area (Å²) < 4.78 is 1.89. The molecule has 4 aromatic rings. The Morgan fingerprint density at radius 1 is 0.968 bits per heavy atom. The highest BCUT2D eigenvalue weighted by atomic mass is 35.5. The van der Waals surface area contributed by atoms with Crippen molar-refractivity contribution in [2.45, 2.75) is 38.5 Å². The molecule has 0 radical (unpaired) electrons. The molecule has 0 unspecified atom stereocenters. The average molecular weight is 489 g/mol. The van der Waals surface area contributed by atoms with Crippen molar-refractivity contribution < 1.29 is 0 Å². The van der Waals surface area contributed by atoms with Gasteiger partial charge in [-0.3, -0.25) is 0 Å². The van der Waals surface area contributed by atoms with Crippen molar-refractivity contribution in [1.29, 1.82) is 0 Å². The maximum Gasteiger partial charge on any atom is 0.144 e. The maximum absolute atomic E-state index is 6.57. The molecule has 158 valence electrons. The molecule has 2 heterocycles. The van der Waals surface area contributed by atoms with Gasteiger partial charge in [0.05, 0.1) is 16.4 Å². The lowest BCUT2D eigenvalue weighted by Gasteiger charge is -2.11. The van der Waals surface area contributed by atoms with E-state index in [2.05, 4.69) is 6.92 Å². The van der Waals surface area contributed by atoms with Crippen LogP contribution in [0.1, 0.15) is 42.0 Å². The lowest BCUT2D eigenvalue weighted by molar-refractivity contribution is 0.736. The van der Waals surface area contributed by atoms with Crippen molar-refractivity contribution in [1.82, 2.24) is 14.8 Å². The number of nitrogens with zero attached hydrogens (tertiary/aromatic N) is 3. The van der Waals surface area contributed by atoms with Crippen LogP contribution in [0.2, 0.25) is 15.1 Å². The van der Waals surface area contributed by atoms with Crippen molar-refractivity contribution in [3.63, 3.8) is 0 Å². The number of hydrogen-bond donors (Lipinski definition) is 0. The van der Waals surface area contributed by atoms with Crippen LogP contribution >= 0.6 is 46.1 Å². The Bertz CT molecular complexity index is 1240. The van der Waals surface area contributed by atoms with Gasteiger partial charge in [0.2, 0.25) is 0 Å². The second kappa shape index (κ2) is 8.59. The molecule has 0 bridgehead atoms. The molecule has 7 heteroatoms. The fraction of sp³-hybridized carbons (Fsp3) is 0.250. The van der Waals surface area contributed by atoms with E-state index in [0.29, 0.717) is 21.0 Å². The standard InChI is InChI=1S/C24H20Cl3N3S/c1-14-22(24-28-13-21(31-24)15-4-2-3-5-15)29-30(20-11-10-18(26)12-19(20)27)23(14)16-6-8-17(25)9-7-16/h6-13,15H,2-5H2,1H3. The van der Waals surface area contributed by atoms with E-state index in [4.69, 9.17) is 44.9 Å². The lowest BCUT2D eigenvalue weighted by atomic mass is 10.1. The zero-order chi connectivity index (χ0) is 21.5.